The lowest BCUT2D eigenvalue weighted by atomic mass is 10.2. The third-order valence-electron chi connectivity index (χ3n) is 3.16. The van der Waals surface area contributed by atoms with Gasteiger partial charge in [-0.05, 0) is 30.3 Å². The van der Waals surface area contributed by atoms with E-state index >= 15 is 0 Å². The van der Waals surface area contributed by atoms with Gasteiger partial charge in [0.05, 0.1) is 11.1 Å². The number of hydrogen-bond donors (Lipinski definition) is 3. The van der Waals surface area contributed by atoms with Gasteiger partial charge in [-0.15, -0.1) is 0 Å². The molecule has 0 fully saturated rings. The fraction of sp³-hybridized carbons (Fsp3) is 0.118. The summed E-state index contributed by atoms with van der Waals surface area (Å²) in [5.41, 5.74) is 2.65. The zero-order chi connectivity index (χ0) is 19.8. The summed E-state index contributed by atoms with van der Waals surface area (Å²) in [7, 11) is 0. The number of ether oxygens (including phenoxy) is 1. The van der Waals surface area contributed by atoms with Crippen molar-refractivity contribution in [1.82, 2.24) is 5.43 Å². The highest BCUT2D eigenvalue weighted by atomic mass is 16.6. The van der Waals surface area contributed by atoms with E-state index in [1.165, 1.54) is 6.92 Å². The minimum atomic E-state index is -0.611. The Morgan fingerprint density at radius 2 is 1.96 bits per heavy atom. The van der Waals surface area contributed by atoms with Crippen molar-refractivity contribution in [3.63, 3.8) is 0 Å². The standard InChI is InChI=1S/C17H16N4O6/c1-11(22)19-13-2-5-15(6-3-13)27-10-17(24)20-18-9-12-8-14(21(25)26)4-7-16(12)23/h2-9,23H,10H2,1H3,(H,19,22)(H,20,24)/b18-9+. The number of anilines is 1. The monoisotopic (exact) mass is 372 g/mol. The third-order valence-corrected chi connectivity index (χ3v) is 3.16. The molecule has 0 aromatic heterocycles. The summed E-state index contributed by atoms with van der Waals surface area (Å²) in [4.78, 5) is 32.7. The maximum absolute atomic E-state index is 11.7. The minimum Gasteiger partial charge on any atom is -0.507 e. The number of aromatic hydroxyl groups is 1. The van der Waals surface area contributed by atoms with E-state index in [0.717, 1.165) is 24.4 Å². The molecule has 10 heteroatoms. The quantitative estimate of drug-likeness (QED) is 0.384. The molecule has 140 valence electrons. The predicted molar refractivity (Wildman–Crippen MR) is 96.7 cm³/mol. The number of rotatable bonds is 7. The molecule has 0 unspecified atom stereocenters. The van der Waals surface area contributed by atoms with Crippen molar-refractivity contribution in [1.29, 1.82) is 0 Å². The molecule has 0 radical (unpaired) electrons. The summed E-state index contributed by atoms with van der Waals surface area (Å²) >= 11 is 0. The van der Waals surface area contributed by atoms with E-state index in [1.54, 1.807) is 24.3 Å². The van der Waals surface area contributed by atoms with Crippen LogP contribution in [0.25, 0.3) is 0 Å². The fourth-order valence-corrected chi connectivity index (χ4v) is 1.95. The maximum Gasteiger partial charge on any atom is 0.277 e. The number of non-ortho nitro benzene ring substituents is 1. The lowest BCUT2D eigenvalue weighted by Gasteiger charge is -2.06. The van der Waals surface area contributed by atoms with Crippen LogP contribution in [-0.4, -0.2) is 34.7 Å². The zero-order valence-corrected chi connectivity index (χ0v) is 14.2. The van der Waals surface area contributed by atoms with Crippen LogP contribution in [-0.2, 0) is 9.59 Å². The van der Waals surface area contributed by atoms with Crippen LogP contribution in [0.5, 0.6) is 11.5 Å². The first-order valence-electron chi connectivity index (χ1n) is 7.65. The van der Waals surface area contributed by atoms with Crippen LogP contribution in [0.3, 0.4) is 0 Å². The zero-order valence-electron chi connectivity index (χ0n) is 14.2. The van der Waals surface area contributed by atoms with Crippen LogP contribution in [0.2, 0.25) is 0 Å². The molecular formula is C17H16N4O6. The van der Waals surface area contributed by atoms with E-state index in [4.69, 9.17) is 4.74 Å². The number of hydrogen-bond acceptors (Lipinski definition) is 7. The highest BCUT2D eigenvalue weighted by Gasteiger charge is 2.09. The molecule has 2 amide bonds. The molecule has 2 aromatic rings. The van der Waals surface area contributed by atoms with Gasteiger partial charge in [0.1, 0.15) is 11.5 Å². The van der Waals surface area contributed by atoms with E-state index < -0.39 is 10.8 Å². The number of carbonyl (C=O) groups is 2. The molecule has 2 rings (SSSR count). The highest BCUT2D eigenvalue weighted by Crippen LogP contribution is 2.21. The smallest absolute Gasteiger partial charge is 0.277 e. The van der Waals surface area contributed by atoms with Gasteiger partial charge in [0, 0.05) is 30.3 Å². The van der Waals surface area contributed by atoms with Gasteiger partial charge < -0.3 is 15.2 Å². The molecule has 0 bridgehead atoms. The molecule has 0 aliphatic rings. The first kappa shape index (κ1) is 19.4. The third kappa shape index (κ3) is 6.12. The number of carbonyl (C=O) groups excluding carboxylic acids is 2. The van der Waals surface area contributed by atoms with Crippen LogP contribution in [0.4, 0.5) is 11.4 Å². The second-order valence-electron chi connectivity index (χ2n) is 5.29. The fourth-order valence-electron chi connectivity index (χ4n) is 1.95. The number of amides is 2. The molecule has 3 N–H and O–H groups in total. The molecule has 0 aliphatic heterocycles. The topological polar surface area (TPSA) is 143 Å². The van der Waals surface area contributed by atoms with Crippen molar-refractivity contribution >= 4 is 29.4 Å². The lowest BCUT2D eigenvalue weighted by Crippen LogP contribution is -2.24. The van der Waals surface area contributed by atoms with Gasteiger partial charge in [0.15, 0.2) is 6.61 Å². The van der Waals surface area contributed by atoms with E-state index in [-0.39, 0.29) is 29.5 Å². The number of nitrogens with one attached hydrogen (secondary N) is 2. The van der Waals surface area contributed by atoms with Crippen LogP contribution in [0.15, 0.2) is 47.6 Å². The summed E-state index contributed by atoms with van der Waals surface area (Å²) in [6, 6.07) is 9.85. The van der Waals surface area contributed by atoms with Gasteiger partial charge >= 0.3 is 0 Å². The Kier molecular flexibility index (Phi) is 6.42. The second-order valence-corrected chi connectivity index (χ2v) is 5.29. The first-order chi connectivity index (χ1) is 12.8. The second kappa shape index (κ2) is 8.94. The van der Waals surface area contributed by atoms with E-state index in [9.17, 15) is 24.8 Å². The lowest BCUT2D eigenvalue weighted by molar-refractivity contribution is -0.384. The highest BCUT2D eigenvalue weighted by molar-refractivity contribution is 5.88. The van der Waals surface area contributed by atoms with E-state index in [0.29, 0.717) is 11.4 Å². The maximum atomic E-state index is 11.7. The molecule has 0 saturated carbocycles. The average molecular weight is 372 g/mol. The number of hydrazone groups is 1. The molecule has 27 heavy (non-hydrogen) atoms. The van der Waals surface area contributed by atoms with Crippen molar-refractivity contribution < 1.29 is 24.4 Å². The Hall–Kier alpha value is -3.95. The Balaban J connectivity index is 1.86. The first-order valence-corrected chi connectivity index (χ1v) is 7.65. The minimum absolute atomic E-state index is 0.0824. The molecule has 2 aromatic carbocycles. The normalized spacial score (nSPS) is 10.4. The Morgan fingerprint density at radius 1 is 1.26 bits per heavy atom. The van der Waals surface area contributed by atoms with Crippen LogP contribution >= 0.6 is 0 Å². The Morgan fingerprint density at radius 3 is 2.59 bits per heavy atom. The summed E-state index contributed by atoms with van der Waals surface area (Å²) in [6.45, 7) is 1.07. The van der Waals surface area contributed by atoms with Gasteiger partial charge in [0.25, 0.3) is 11.6 Å². The van der Waals surface area contributed by atoms with Crippen molar-refractivity contribution in [2.24, 2.45) is 5.10 Å². The number of nitro benzene ring substituents is 1. The van der Waals surface area contributed by atoms with Crippen molar-refractivity contribution in [2.75, 3.05) is 11.9 Å². The predicted octanol–water partition coefficient (Wildman–Crippen LogP) is 1.79. The molecule has 0 atom stereocenters. The van der Waals surface area contributed by atoms with Crippen LogP contribution < -0.4 is 15.5 Å². The number of nitrogens with zero attached hydrogens (tertiary/aromatic N) is 2. The molecule has 10 nitrogen and oxygen atoms in total. The number of phenolic OH excluding ortho intramolecular Hbond substituents is 1. The summed E-state index contributed by atoms with van der Waals surface area (Å²) in [5.74, 6) is -0.563. The van der Waals surface area contributed by atoms with Gasteiger partial charge in [-0.2, -0.15) is 5.10 Å². The number of benzene rings is 2. The molecule has 0 heterocycles. The SMILES string of the molecule is CC(=O)Nc1ccc(OCC(=O)N/N=C/c2cc([N+](=O)[O-])ccc2O)cc1. The molecular weight excluding hydrogens is 356 g/mol. The van der Waals surface area contributed by atoms with E-state index in [2.05, 4.69) is 15.8 Å². The summed E-state index contributed by atoms with van der Waals surface area (Å²) in [6.07, 6.45) is 1.09. The Bertz CT molecular complexity index is 879. The summed E-state index contributed by atoms with van der Waals surface area (Å²) in [5, 5.41) is 26.6. The van der Waals surface area contributed by atoms with Gasteiger partial charge in [-0.1, -0.05) is 0 Å². The van der Waals surface area contributed by atoms with E-state index in [1.807, 2.05) is 0 Å². The van der Waals surface area contributed by atoms with Crippen LogP contribution in [0, 0.1) is 10.1 Å². The summed E-state index contributed by atoms with van der Waals surface area (Å²) < 4.78 is 5.27. The molecule has 0 spiro atoms. The van der Waals surface area contributed by atoms with Crippen LogP contribution in [0.1, 0.15) is 12.5 Å². The van der Waals surface area contributed by atoms with Gasteiger partial charge in [-0.25, -0.2) is 5.43 Å². The molecule has 0 saturated heterocycles. The number of phenols is 1. The van der Waals surface area contributed by atoms with Crippen molar-refractivity contribution in [3.05, 3.63) is 58.1 Å². The molecule has 0 aliphatic carbocycles. The largest absolute Gasteiger partial charge is 0.507 e. The van der Waals surface area contributed by atoms with Gasteiger partial charge in [-0.3, -0.25) is 19.7 Å². The number of nitro groups is 1. The average Bonchev–Trinajstić information content (AvgIpc) is 2.62. The van der Waals surface area contributed by atoms with Crippen molar-refractivity contribution in [3.8, 4) is 11.5 Å². The van der Waals surface area contributed by atoms with Crippen molar-refractivity contribution in [2.45, 2.75) is 6.92 Å². The van der Waals surface area contributed by atoms with Gasteiger partial charge in [0.2, 0.25) is 5.91 Å². The Labute approximate surface area is 153 Å².